The highest BCUT2D eigenvalue weighted by molar-refractivity contribution is 7.14. The topological polar surface area (TPSA) is 19.4 Å². The molecule has 100 valence electrons. The molecule has 0 N–H and O–H groups in total. The van der Waals surface area contributed by atoms with E-state index in [1.54, 1.807) is 0 Å². The minimum absolute atomic E-state index is 1.20. The normalized spacial score (nSPS) is 22.0. The molecule has 0 amide bonds. The van der Waals surface area contributed by atoms with Crippen LogP contribution in [0.2, 0.25) is 0 Å². The standard InChI is InChI=1S/C14H23N3S/c1-2-5-11-17(10-4-1)14-15-13(12-18-14)16-8-6-3-7-9-16/h12H,1-11H2. The van der Waals surface area contributed by atoms with Crippen LogP contribution in [-0.4, -0.2) is 31.2 Å². The lowest BCUT2D eigenvalue weighted by atomic mass is 10.1. The summed E-state index contributed by atoms with van der Waals surface area (Å²) in [6.07, 6.45) is 9.49. The maximum absolute atomic E-state index is 4.87. The predicted octanol–water partition coefficient (Wildman–Crippen LogP) is 3.51. The molecule has 3 heterocycles. The molecule has 18 heavy (non-hydrogen) atoms. The lowest BCUT2D eigenvalue weighted by molar-refractivity contribution is 0.574. The van der Waals surface area contributed by atoms with Gasteiger partial charge in [0.1, 0.15) is 5.82 Å². The van der Waals surface area contributed by atoms with Crippen LogP contribution in [0.4, 0.5) is 10.9 Å². The van der Waals surface area contributed by atoms with Gasteiger partial charge in [-0.2, -0.15) is 0 Å². The largest absolute Gasteiger partial charge is 0.356 e. The van der Waals surface area contributed by atoms with Crippen molar-refractivity contribution in [3.8, 4) is 0 Å². The minimum Gasteiger partial charge on any atom is -0.356 e. The molecule has 2 saturated heterocycles. The van der Waals surface area contributed by atoms with Crippen LogP contribution in [0, 0.1) is 0 Å². The van der Waals surface area contributed by atoms with Gasteiger partial charge >= 0.3 is 0 Å². The molecule has 0 spiro atoms. The van der Waals surface area contributed by atoms with Crippen LogP contribution in [0.25, 0.3) is 0 Å². The number of aromatic nitrogens is 1. The lowest BCUT2D eigenvalue weighted by Crippen LogP contribution is -2.30. The van der Waals surface area contributed by atoms with Gasteiger partial charge in [-0.05, 0) is 32.1 Å². The molecule has 3 nitrogen and oxygen atoms in total. The molecule has 1 aromatic heterocycles. The van der Waals surface area contributed by atoms with Gasteiger partial charge in [0.15, 0.2) is 5.13 Å². The van der Waals surface area contributed by atoms with Crippen molar-refractivity contribution in [2.75, 3.05) is 36.0 Å². The van der Waals surface area contributed by atoms with Gasteiger partial charge in [0, 0.05) is 31.6 Å². The smallest absolute Gasteiger partial charge is 0.187 e. The van der Waals surface area contributed by atoms with Gasteiger partial charge < -0.3 is 9.80 Å². The van der Waals surface area contributed by atoms with Gasteiger partial charge in [-0.3, -0.25) is 0 Å². The Labute approximate surface area is 114 Å². The summed E-state index contributed by atoms with van der Waals surface area (Å²) in [4.78, 5) is 9.82. The van der Waals surface area contributed by atoms with Crippen molar-refractivity contribution in [1.82, 2.24) is 4.98 Å². The van der Waals surface area contributed by atoms with Crippen LogP contribution < -0.4 is 9.80 Å². The van der Waals surface area contributed by atoms with Crippen LogP contribution in [0.5, 0.6) is 0 Å². The van der Waals surface area contributed by atoms with E-state index in [1.807, 2.05) is 11.3 Å². The molecule has 2 aliphatic heterocycles. The number of hydrogen-bond acceptors (Lipinski definition) is 4. The van der Waals surface area contributed by atoms with E-state index in [9.17, 15) is 0 Å². The van der Waals surface area contributed by atoms with Crippen molar-refractivity contribution in [2.24, 2.45) is 0 Å². The van der Waals surface area contributed by atoms with Gasteiger partial charge in [0.2, 0.25) is 0 Å². The molecule has 0 aromatic carbocycles. The SMILES string of the molecule is c1sc(N2CCCCCC2)nc1N1CCCCC1. The third-order valence-corrected chi connectivity index (χ3v) is 4.93. The zero-order valence-corrected chi connectivity index (χ0v) is 11.9. The van der Waals surface area contributed by atoms with E-state index in [4.69, 9.17) is 4.98 Å². The number of rotatable bonds is 2. The first kappa shape index (κ1) is 12.3. The molecular formula is C14H23N3S. The zero-order chi connectivity index (χ0) is 12.2. The average molecular weight is 265 g/mol. The highest BCUT2D eigenvalue weighted by Crippen LogP contribution is 2.29. The van der Waals surface area contributed by atoms with E-state index in [1.165, 1.54) is 82.1 Å². The van der Waals surface area contributed by atoms with E-state index in [0.717, 1.165) is 0 Å². The number of nitrogens with zero attached hydrogens (tertiary/aromatic N) is 3. The Balaban J connectivity index is 1.67. The van der Waals surface area contributed by atoms with Gasteiger partial charge in [-0.1, -0.05) is 12.8 Å². The maximum atomic E-state index is 4.87. The Hall–Kier alpha value is -0.770. The molecule has 0 unspecified atom stereocenters. The summed E-state index contributed by atoms with van der Waals surface area (Å²) in [5.41, 5.74) is 0. The second kappa shape index (κ2) is 5.91. The number of anilines is 2. The summed E-state index contributed by atoms with van der Waals surface area (Å²) >= 11 is 1.83. The summed E-state index contributed by atoms with van der Waals surface area (Å²) in [5, 5.41) is 3.50. The molecule has 2 fully saturated rings. The van der Waals surface area contributed by atoms with Crippen LogP contribution in [-0.2, 0) is 0 Å². The minimum atomic E-state index is 1.20. The van der Waals surface area contributed by atoms with E-state index >= 15 is 0 Å². The first-order chi connectivity index (χ1) is 8.93. The fraction of sp³-hybridized carbons (Fsp3) is 0.786. The van der Waals surface area contributed by atoms with Gasteiger partial charge in [-0.25, -0.2) is 4.98 Å². The molecule has 0 bridgehead atoms. The molecular weight excluding hydrogens is 242 g/mol. The summed E-state index contributed by atoms with van der Waals surface area (Å²) in [6.45, 7) is 4.80. The molecule has 0 saturated carbocycles. The van der Waals surface area contributed by atoms with Crippen molar-refractivity contribution in [2.45, 2.75) is 44.9 Å². The third-order valence-electron chi connectivity index (χ3n) is 4.04. The van der Waals surface area contributed by atoms with E-state index in [-0.39, 0.29) is 0 Å². The quantitative estimate of drug-likeness (QED) is 0.815. The second-order valence-corrected chi connectivity index (χ2v) is 6.27. The highest BCUT2D eigenvalue weighted by Gasteiger charge is 2.17. The van der Waals surface area contributed by atoms with Crippen molar-refractivity contribution in [3.63, 3.8) is 0 Å². The van der Waals surface area contributed by atoms with Gasteiger partial charge in [0.25, 0.3) is 0 Å². The molecule has 3 rings (SSSR count). The van der Waals surface area contributed by atoms with Gasteiger partial charge in [-0.15, -0.1) is 11.3 Å². The van der Waals surface area contributed by atoms with Crippen LogP contribution >= 0.6 is 11.3 Å². The van der Waals surface area contributed by atoms with E-state index < -0.39 is 0 Å². The Morgan fingerprint density at radius 2 is 1.33 bits per heavy atom. The molecule has 2 aliphatic rings. The summed E-state index contributed by atoms with van der Waals surface area (Å²) in [5.74, 6) is 1.22. The monoisotopic (exact) mass is 265 g/mol. The van der Waals surface area contributed by atoms with E-state index in [0.29, 0.717) is 0 Å². The number of piperidine rings is 1. The Morgan fingerprint density at radius 1 is 0.778 bits per heavy atom. The van der Waals surface area contributed by atoms with Crippen LogP contribution in [0.1, 0.15) is 44.9 Å². The predicted molar refractivity (Wildman–Crippen MR) is 78.9 cm³/mol. The average Bonchev–Trinajstić information content (AvgIpc) is 2.76. The van der Waals surface area contributed by atoms with Crippen molar-refractivity contribution in [3.05, 3.63) is 5.38 Å². The highest BCUT2D eigenvalue weighted by atomic mass is 32.1. The Morgan fingerprint density at radius 3 is 2.00 bits per heavy atom. The zero-order valence-electron chi connectivity index (χ0n) is 11.1. The summed E-state index contributed by atoms with van der Waals surface area (Å²) in [6, 6.07) is 0. The fourth-order valence-electron chi connectivity index (χ4n) is 2.93. The lowest BCUT2D eigenvalue weighted by Gasteiger charge is -2.26. The maximum Gasteiger partial charge on any atom is 0.187 e. The second-order valence-electron chi connectivity index (χ2n) is 5.44. The molecule has 4 heteroatoms. The van der Waals surface area contributed by atoms with Crippen molar-refractivity contribution < 1.29 is 0 Å². The van der Waals surface area contributed by atoms with Crippen molar-refractivity contribution >= 4 is 22.3 Å². The van der Waals surface area contributed by atoms with Gasteiger partial charge in [0.05, 0.1) is 0 Å². The van der Waals surface area contributed by atoms with Crippen molar-refractivity contribution in [1.29, 1.82) is 0 Å². The van der Waals surface area contributed by atoms with Crippen LogP contribution in [0.15, 0.2) is 5.38 Å². The Kier molecular flexibility index (Phi) is 4.03. The first-order valence-electron chi connectivity index (χ1n) is 7.39. The summed E-state index contributed by atoms with van der Waals surface area (Å²) in [7, 11) is 0. The van der Waals surface area contributed by atoms with Crippen LogP contribution in [0.3, 0.4) is 0 Å². The molecule has 0 aliphatic carbocycles. The molecule has 0 radical (unpaired) electrons. The molecule has 1 aromatic rings. The number of thiazole rings is 1. The van der Waals surface area contributed by atoms with E-state index in [2.05, 4.69) is 15.2 Å². The molecule has 0 atom stereocenters. The number of hydrogen-bond donors (Lipinski definition) is 0. The summed E-state index contributed by atoms with van der Waals surface area (Å²) < 4.78 is 0. The third kappa shape index (κ3) is 2.79. The fourth-order valence-corrected chi connectivity index (χ4v) is 3.82. The first-order valence-corrected chi connectivity index (χ1v) is 8.27. The Bertz CT molecular complexity index is 363.